The predicted molar refractivity (Wildman–Crippen MR) is 92.8 cm³/mol. The molecule has 1 aromatic carbocycles. The van der Waals surface area contributed by atoms with Gasteiger partial charge in [-0.25, -0.2) is 9.79 Å². The lowest BCUT2D eigenvalue weighted by atomic mass is 10.1. The highest BCUT2D eigenvalue weighted by molar-refractivity contribution is 6.05. The molecule has 1 saturated heterocycles. The second-order valence-electron chi connectivity index (χ2n) is 6.48. The van der Waals surface area contributed by atoms with Gasteiger partial charge in [0.25, 0.3) is 11.9 Å². The molecule has 0 saturated carbocycles. The number of esters is 1. The molecule has 9 nitrogen and oxygen atoms in total. The van der Waals surface area contributed by atoms with E-state index < -0.39 is 36.7 Å². The van der Waals surface area contributed by atoms with E-state index in [4.69, 9.17) is 9.47 Å². The Labute approximate surface area is 155 Å². The summed E-state index contributed by atoms with van der Waals surface area (Å²) in [6.45, 7) is 1.37. The molecular formula is C18H18N4O5. The summed E-state index contributed by atoms with van der Waals surface area (Å²) >= 11 is 0. The maximum Gasteiger partial charge on any atom is 0.328 e. The molecule has 1 fully saturated rings. The molecule has 0 aromatic heterocycles. The Bertz CT molecular complexity index is 866. The van der Waals surface area contributed by atoms with Crippen LogP contribution in [-0.4, -0.2) is 64.4 Å². The highest BCUT2D eigenvalue weighted by Crippen LogP contribution is 2.32. The largest absolute Gasteiger partial charge is 0.459 e. The lowest BCUT2D eigenvalue weighted by Gasteiger charge is -2.39. The Balaban J connectivity index is 1.46. The van der Waals surface area contributed by atoms with Crippen molar-refractivity contribution in [3.8, 4) is 0 Å². The fourth-order valence-corrected chi connectivity index (χ4v) is 3.25. The van der Waals surface area contributed by atoms with E-state index in [0.29, 0.717) is 5.76 Å². The van der Waals surface area contributed by atoms with Crippen molar-refractivity contribution in [2.75, 3.05) is 13.6 Å². The van der Waals surface area contributed by atoms with E-state index in [-0.39, 0.29) is 12.6 Å². The second-order valence-corrected chi connectivity index (χ2v) is 6.48. The molecule has 0 radical (unpaired) electrons. The van der Waals surface area contributed by atoms with Crippen molar-refractivity contribution < 1.29 is 23.9 Å². The number of likely N-dealkylation sites (N-methyl/N-ethyl adjacent to an activating group) is 1. The highest BCUT2D eigenvalue weighted by Gasteiger charge is 2.54. The molecule has 0 N–H and O–H groups in total. The van der Waals surface area contributed by atoms with Gasteiger partial charge < -0.3 is 14.4 Å². The van der Waals surface area contributed by atoms with Crippen molar-refractivity contribution >= 4 is 23.9 Å². The van der Waals surface area contributed by atoms with E-state index in [2.05, 4.69) is 4.99 Å². The summed E-state index contributed by atoms with van der Waals surface area (Å²) in [4.78, 5) is 45.8. The minimum atomic E-state index is -0.748. The lowest BCUT2D eigenvalue weighted by Crippen LogP contribution is -2.64. The summed E-state index contributed by atoms with van der Waals surface area (Å²) in [7, 11) is 1.54. The second kappa shape index (κ2) is 6.42. The molecule has 3 aliphatic rings. The van der Waals surface area contributed by atoms with E-state index in [1.54, 1.807) is 18.0 Å². The first-order valence-corrected chi connectivity index (χ1v) is 8.46. The Morgan fingerprint density at radius 3 is 2.74 bits per heavy atom. The normalized spacial score (nSPS) is 23.6. The first-order valence-electron chi connectivity index (χ1n) is 8.46. The zero-order valence-corrected chi connectivity index (χ0v) is 14.9. The average molecular weight is 370 g/mol. The van der Waals surface area contributed by atoms with Gasteiger partial charge in [0.05, 0.1) is 0 Å². The minimum Gasteiger partial charge on any atom is -0.459 e. The monoisotopic (exact) mass is 370 g/mol. The van der Waals surface area contributed by atoms with E-state index >= 15 is 0 Å². The number of carbonyl (C=O) groups excluding carboxylic acids is 3. The van der Waals surface area contributed by atoms with Gasteiger partial charge in [-0.05, 0) is 12.5 Å². The number of fused-ring (bicyclic) bond motifs is 3. The van der Waals surface area contributed by atoms with Gasteiger partial charge in [-0.15, -0.1) is 0 Å². The van der Waals surface area contributed by atoms with E-state index in [1.807, 2.05) is 30.3 Å². The first-order chi connectivity index (χ1) is 13.0. The molecule has 3 aliphatic heterocycles. The number of rotatable bonds is 4. The topological polar surface area (TPSA) is 91.8 Å². The number of allylic oxidation sites excluding steroid dienone is 1. The van der Waals surface area contributed by atoms with Crippen molar-refractivity contribution in [1.82, 2.24) is 14.7 Å². The number of amides is 3. The molecule has 2 unspecified atom stereocenters. The quantitative estimate of drug-likeness (QED) is 0.731. The number of carbonyl (C=O) groups is 3. The van der Waals surface area contributed by atoms with Gasteiger partial charge in [-0.3, -0.25) is 19.4 Å². The smallest absolute Gasteiger partial charge is 0.328 e. The van der Waals surface area contributed by atoms with Gasteiger partial charge in [0.1, 0.15) is 18.9 Å². The molecule has 140 valence electrons. The van der Waals surface area contributed by atoms with Crippen molar-refractivity contribution in [3.63, 3.8) is 0 Å². The summed E-state index contributed by atoms with van der Waals surface area (Å²) in [6, 6.07) is 8.11. The van der Waals surface area contributed by atoms with Crippen LogP contribution in [0.15, 0.2) is 47.3 Å². The van der Waals surface area contributed by atoms with Crippen molar-refractivity contribution in [2.24, 2.45) is 4.99 Å². The van der Waals surface area contributed by atoms with Crippen LogP contribution in [0.3, 0.4) is 0 Å². The van der Waals surface area contributed by atoms with E-state index in [9.17, 15) is 14.4 Å². The molecule has 2 atom stereocenters. The van der Waals surface area contributed by atoms with Crippen LogP contribution < -0.4 is 0 Å². The standard InChI is InChI=1S/C18H18N4O5/c1-11-8-21-14-15(19-17(21)27-11)20(2)18(25)22(16(14)24)9-13(23)26-10-12-6-4-3-5-7-12/h3-8,14-15H,9-10H2,1-2H3. The zero-order valence-electron chi connectivity index (χ0n) is 14.9. The summed E-state index contributed by atoms with van der Waals surface area (Å²) in [5, 5.41) is 0. The van der Waals surface area contributed by atoms with Crippen molar-refractivity contribution in [3.05, 3.63) is 47.9 Å². The summed E-state index contributed by atoms with van der Waals surface area (Å²) in [6.07, 6.45) is 0.984. The number of urea groups is 1. The number of imide groups is 1. The fourth-order valence-electron chi connectivity index (χ4n) is 3.25. The number of aliphatic imine (C=N–C) groups is 1. The summed E-state index contributed by atoms with van der Waals surface area (Å²) in [5.41, 5.74) is 0.822. The van der Waals surface area contributed by atoms with Crippen LogP contribution in [0, 0.1) is 0 Å². The number of hydrogen-bond donors (Lipinski definition) is 0. The first kappa shape index (κ1) is 17.1. The third kappa shape index (κ3) is 2.90. The van der Waals surface area contributed by atoms with Crippen molar-refractivity contribution in [2.45, 2.75) is 25.7 Å². The Morgan fingerprint density at radius 2 is 2.00 bits per heavy atom. The number of benzene rings is 1. The molecular weight excluding hydrogens is 352 g/mol. The average Bonchev–Trinajstić information content (AvgIpc) is 3.18. The molecule has 27 heavy (non-hydrogen) atoms. The van der Waals surface area contributed by atoms with Gasteiger partial charge >= 0.3 is 12.0 Å². The Hall–Kier alpha value is -3.36. The molecule has 0 spiro atoms. The maximum absolute atomic E-state index is 12.9. The number of hydrogen-bond acceptors (Lipinski definition) is 7. The molecule has 0 aliphatic carbocycles. The van der Waals surface area contributed by atoms with E-state index in [0.717, 1.165) is 10.5 Å². The van der Waals surface area contributed by atoms with Gasteiger partial charge in [0.2, 0.25) is 0 Å². The van der Waals surface area contributed by atoms with Crippen LogP contribution in [-0.2, 0) is 25.7 Å². The van der Waals surface area contributed by atoms with Gasteiger partial charge in [-0.2, -0.15) is 0 Å². The molecule has 1 aromatic rings. The molecule has 0 bridgehead atoms. The van der Waals surface area contributed by atoms with Gasteiger partial charge in [0.15, 0.2) is 12.2 Å². The van der Waals surface area contributed by atoms with Gasteiger partial charge in [0, 0.05) is 13.2 Å². The maximum atomic E-state index is 12.9. The van der Waals surface area contributed by atoms with Crippen LogP contribution >= 0.6 is 0 Å². The van der Waals surface area contributed by atoms with Crippen LogP contribution in [0.4, 0.5) is 4.79 Å². The predicted octanol–water partition coefficient (Wildman–Crippen LogP) is 0.882. The molecule has 3 amide bonds. The number of nitrogens with zero attached hydrogens (tertiary/aromatic N) is 4. The fraction of sp³-hybridized carbons (Fsp3) is 0.333. The highest BCUT2D eigenvalue weighted by atomic mass is 16.5. The zero-order chi connectivity index (χ0) is 19.1. The van der Waals surface area contributed by atoms with Crippen LogP contribution in [0.2, 0.25) is 0 Å². The lowest BCUT2D eigenvalue weighted by molar-refractivity contribution is -0.151. The molecule has 9 heteroatoms. The SMILES string of the molecule is CC1=CN2C(=NC3C2C(=O)N(CC(=O)OCc2ccccc2)C(=O)N3C)O1. The third-order valence-electron chi connectivity index (χ3n) is 4.60. The van der Waals surface area contributed by atoms with Crippen LogP contribution in [0.25, 0.3) is 0 Å². The molecule has 3 heterocycles. The molecule has 4 rings (SSSR count). The summed E-state index contributed by atoms with van der Waals surface area (Å²) < 4.78 is 10.6. The number of ether oxygens (including phenoxy) is 2. The van der Waals surface area contributed by atoms with Gasteiger partial charge in [-0.1, -0.05) is 30.3 Å². The van der Waals surface area contributed by atoms with Crippen LogP contribution in [0.1, 0.15) is 12.5 Å². The Morgan fingerprint density at radius 1 is 1.26 bits per heavy atom. The number of amidine groups is 1. The van der Waals surface area contributed by atoms with Crippen LogP contribution in [0.5, 0.6) is 0 Å². The van der Waals surface area contributed by atoms with Crippen molar-refractivity contribution in [1.29, 1.82) is 0 Å². The minimum absolute atomic E-state index is 0.0763. The van der Waals surface area contributed by atoms with E-state index in [1.165, 1.54) is 11.9 Å². The third-order valence-corrected chi connectivity index (χ3v) is 4.60. The Kier molecular flexibility index (Phi) is 4.06. The summed E-state index contributed by atoms with van der Waals surface area (Å²) in [5.74, 6) is -0.558.